The van der Waals surface area contributed by atoms with E-state index in [1.807, 2.05) is 0 Å². The van der Waals surface area contributed by atoms with E-state index in [1.165, 1.54) is 37.4 Å². The number of hydrogen-bond donors (Lipinski definition) is 2. The minimum atomic E-state index is -3.54. The number of aliphatic hydroxyl groups is 1. The van der Waals surface area contributed by atoms with Crippen LogP contribution in [0.1, 0.15) is 49.7 Å². The van der Waals surface area contributed by atoms with Crippen molar-refractivity contribution in [3.05, 3.63) is 53.5 Å². The molecule has 0 bridgehead atoms. The van der Waals surface area contributed by atoms with Crippen LogP contribution in [0.4, 0.5) is 14.6 Å². The standard InChI is InChI=1S/C23H26F2N4O3S/c1-13(15-6-5-7-17(10-15)23(24,25)22(3,30)16-8-9-16)27-21-18-11-20(33(4,31)32)26-12-19(18)28-14(2)29-21/h5-7,10-13,16,30H,8-9H2,1-4H3,(H,27,28,29)/t13-,22-/m1/s1. The lowest BCUT2D eigenvalue weighted by Crippen LogP contribution is -2.45. The van der Waals surface area contributed by atoms with Gasteiger partial charge in [0.25, 0.3) is 0 Å². The number of fused-ring (bicyclic) bond motifs is 1. The number of halogens is 2. The van der Waals surface area contributed by atoms with E-state index < -0.39 is 33.3 Å². The van der Waals surface area contributed by atoms with E-state index in [1.54, 1.807) is 19.9 Å². The maximum absolute atomic E-state index is 15.2. The van der Waals surface area contributed by atoms with Gasteiger partial charge in [-0.05, 0) is 57.2 Å². The molecule has 1 fully saturated rings. The zero-order valence-electron chi connectivity index (χ0n) is 18.8. The fourth-order valence-electron chi connectivity index (χ4n) is 3.93. The van der Waals surface area contributed by atoms with E-state index in [0.29, 0.717) is 41.0 Å². The molecule has 0 saturated heterocycles. The second-order valence-corrected chi connectivity index (χ2v) is 10.9. The maximum atomic E-state index is 15.2. The first-order valence-corrected chi connectivity index (χ1v) is 12.5. The van der Waals surface area contributed by atoms with Gasteiger partial charge in [0.1, 0.15) is 17.2 Å². The summed E-state index contributed by atoms with van der Waals surface area (Å²) in [6, 6.07) is 6.91. The van der Waals surface area contributed by atoms with E-state index in [0.717, 1.165) is 6.26 Å². The van der Waals surface area contributed by atoms with Gasteiger partial charge in [-0.25, -0.2) is 23.4 Å². The smallest absolute Gasteiger partial charge is 0.301 e. The zero-order valence-corrected chi connectivity index (χ0v) is 19.6. The summed E-state index contributed by atoms with van der Waals surface area (Å²) in [6.45, 7) is 4.68. The highest BCUT2D eigenvalue weighted by Gasteiger charge is 2.58. The zero-order chi connectivity index (χ0) is 24.2. The second kappa shape index (κ2) is 7.95. The van der Waals surface area contributed by atoms with E-state index in [2.05, 4.69) is 20.3 Å². The van der Waals surface area contributed by atoms with Gasteiger partial charge >= 0.3 is 5.92 Å². The van der Waals surface area contributed by atoms with Gasteiger partial charge in [0.2, 0.25) is 0 Å². The molecule has 0 amide bonds. The van der Waals surface area contributed by atoms with Gasteiger partial charge in [-0.1, -0.05) is 18.2 Å². The molecule has 0 spiro atoms. The minimum Gasteiger partial charge on any atom is -0.383 e. The molecule has 2 heterocycles. The molecule has 33 heavy (non-hydrogen) atoms. The van der Waals surface area contributed by atoms with Crippen LogP contribution in [0.25, 0.3) is 10.9 Å². The van der Waals surface area contributed by atoms with Crippen LogP contribution in [0, 0.1) is 12.8 Å². The average molecular weight is 477 g/mol. The number of benzene rings is 1. The first-order valence-electron chi connectivity index (χ1n) is 10.6. The van der Waals surface area contributed by atoms with Gasteiger partial charge in [0, 0.05) is 23.2 Å². The molecular weight excluding hydrogens is 450 g/mol. The minimum absolute atomic E-state index is 0.109. The number of nitrogens with one attached hydrogen (secondary N) is 1. The van der Waals surface area contributed by atoms with Crippen molar-refractivity contribution in [1.29, 1.82) is 0 Å². The maximum Gasteiger partial charge on any atom is 0.301 e. The third kappa shape index (κ3) is 4.41. The Hall–Kier alpha value is -2.72. The van der Waals surface area contributed by atoms with Crippen molar-refractivity contribution < 1.29 is 22.3 Å². The average Bonchev–Trinajstić information content (AvgIpc) is 3.58. The van der Waals surface area contributed by atoms with Crippen LogP contribution in [-0.4, -0.2) is 40.3 Å². The van der Waals surface area contributed by atoms with Crippen molar-refractivity contribution in [3.63, 3.8) is 0 Å². The Labute approximate surface area is 191 Å². The normalized spacial score (nSPS) is 17.5. The number of aryl methyl sites for hydroxylation is 1. The Morgan fingerprint density at radius 1 is 1.21 bits per heavy atom. The molecule has 3 aromatic rings. The highest BCUT2D eigenvalue weighted by molar-refractivity contribution is 7.90. The summed E-state index contributed by atoms with van der Waals surface area (Å²) < 4.78 is 54.2. The van der Waals surface area contributed by atoms with Gasteiger partial charge in [0.05, 0.1) is 11.7 Å². The molecule has 1 saturated carbocycles. The van der Waals surface area contributed by atoms with Crippen LogP contribution in [0.3, 0.4) is 0 Å². The summed E-state index contributed by atoms with van der Waals surface area (Å²) in [4.78, 5) is 12.7. The highest BCUT2D eigenvalue weighted by atomic mass is 32.2. The van der Waals surface area contributed by atoms with Crippen molar-refractivity contribution in [2.45, 2.75) is 56.2 Å². The Morgan fingerprint density at radius 2 is 1.91 bits per heavy atom. The van der Waals surface area contributed by atoms with Crippen LogP contribution < -0.4 is 5.32 Å². The number of anilines is 1. The molecule has 0 aliphatic heterocycles. The summed E-state index contributed by atoms with van der Waals surface area (Å²) in [5, 5.41) is 14.0. The molecule has 1 aliphatic rings. The lowest BCUT2D eigenvalue weighted by molar-refractivity contribution is -0.189. The Morgan fingerprint density at radius 3 is 2.55 bits per heavy atom. The molecule has 176 valence electrons. The van der Waals surface area contributed by atoms with E-state index in [4.69, 9.17) is 0 Å². The van der Waals surface area contributed by atoms with Crippen LogP contribution in [-0.2, 0) is 15.8 Å². The Bertz CT molecular complexity index is 1320. The number of aromatic nitrogens is 3. The van der Waals surface area contributed by atoms with Crippen LogP contribution in [0.2, 0.25) is 0 Å². The molecular formula is C23H26F2N4O3S. The van der Waals surface area contributed by atoms with Crippen molar-refractivity contribution in [3.8, 4) is 0 Å². The largest absolute Gasteiger partial charge is 0.383 e. The summed E-state index contributed by atoms with van der Waals surface area (Å²) in [7, 11) is -3.54. The molecule has 2 atom stereocenters. The molecule has 0 radical (unpaired) electrons. The predicted molar refractivity (Wildman–Crippen MR) is 121 cm³/mol. The molecule has 0 unspecified atom stereocenters. The number of pyridine rings is 1. The van der Waals surface area contributed by atoms with Gasteiger partial charge < -0.3 is 10.4 Å². The molecule has 2 N–H and O–H groups in total. The van der Waals surface area contributed by atoms with Crippen LogP contribution in [0.15, 0.2) is 41.6 Å². The Balaban J connectivity index is 1.69. The van der Waals surface area contributed by atoms with Crippen molar-refractivity contribution in [2.75, 3.05) is 11.6 Å². The fraction of sp³-hybridized carbons (Fsp3) is 0.435. The van der Waals surface area contributed by atoms with E-state index >= 15 is 8.78 Å². The first-order chi connectivity index (χ1) is 15.3. The summed E-state index contributed by atoms with van der Waals surface area (Å²) >= 11 is 0. The summed E-state index contributed by atoms with van der Waals surface area (Å²) in [6.07, 6.45) is 3.61. The second-order valence-electron chi connectivity index (χ2n) is 8.92. The van der Waals surface area contributed by atoms with Gasteiger partial charge in [-0.3, -0.25) is 0 Å². The molecule has 7 nitrogen and oxygen atoms in total. The first kappa shape index (κ1) is 23.4. The molecule has 1 aliphatic carbocycles. The number of rotatable bonds is 7. The topological polar surface area (TPSA) is 105 Å². The third-order valence-electron chi connectivity index (χ3n) is 6.16. The predicted octanol–water partition coefficient (Wildman–Crippen LogP) is 4.16. The quantitative estimate of drug-likeness (QED) is 0.527. The third-order valence-corrected chi connectivity index (χ3v) is 7.14. The highest BCUT2D eigenvalue weighted by Crippen LogP contribution is 2.51. The molecule has 1 aromatic carbocycles. The molecule has 10 heteroatoms. The SMILES string of the molecule is Cc1nc(N[C@H](C)c2cccc(C(F)(F)[C@](C)(O)C3CC3)c2)c2cc(S(C)(=O)=O)ncc2n1. The lowest BCUT2D eigenvalue weighted by Gasteiger charge is -2.33. The van der Waals surface area contributed by atoms with Crippen molar-refractivity contribution in [2.24, 2.45) is 5.92 Å². The van der Waals surface area contributed by atoms with Crippen molar-refractivity contribution in [1.82, 2.24) is 15.0 Å². The monoisotopic (exact) mass is 476 g/mol. The number of sulfone groups is 1. The van der Waals surface area contributed by atoms with Crippen molar-refractivity contribution >= 4 is 26.6 Å². The van der Waals surface area contributed by atoms with Crippen LogP contribution in [0.5, 0.6) is 0 Å². The summed E-state index contributed by atoms with van der Waals surface area (Å²) in [5.74, 6) is -3.00. The van der Waals surface area contributed by atoms with Gasteiger partial charge in [-0.2, -0.15) is 8.78 Å². The number of hydrogen-bond acceptors (Lipinski definition) is 7. The Kier molecular flexibility index (Phi) is 5.65. The summed E-state index contributed by atoms with van der Waals surface area (Å²) in [5.41, 5.74) is -1.33. The molecule has 2 aromatic heterocycles. The van der Waals surface area contributed by atoms with Crippen LogP contribution >= 0.6 is 0 Å². The molecule has 4 rings (SSSR count). The number of alkyl halides is 2. The number of nitrogens with zero attached hydrogens (tertiary/aromatic N) is 3. The fourth-order valence-corrected chi connectivity index (χ4v) is 4.50. The van der Waals surface area contributed by atoms with E-state index in [9.17, 15) is 13.5 Å². The van der Waals surface area contributed by atoms with Gasteiger partial charge in [0.15, 0.2) is 14.9 Å². The van der Waals surface area contributed by atoms with Gasteiger partial charge in [-0.15, -0.1) is 0 Å². The van der Waals surface area contributed by atoms with E-state index in [-0.39, 0.29) is 10.6 Å². The lowest BCUT2D eigenvalue weighted by atomic mass is 9.86.